The van der Waals surface area contributed by atoms with E-state index >= 15 is 0 Å². The van der Waals surface area contributed by atoms with Gasteiger partial charge in [-0.05, 0) is 37.8 Å². The highest BCUT2D eigenvalue weighted by Gasteiger charge is 2.33. The number of thioether (sulfide) groups is 1. The maximum Gasteiger partial charge on any atom is 0.232 e. The molecule has 2 aromatic rings. The van der Waals surface area contributed by atoms with E-state index in [4.69, 9.17) is 11.6 Å². The lowest BCUT2D eigenvalue weighted by Crippen LogP contribution is -2.49. The minimum atomic E-state index is -0.729. The van der Waals surface area contributed by atoms with Crippen LogP contribution in [0.15, 0.2) is 29.4 Å². The Morgan fingerprint density at radius 3 is 2.60 bits per heavy atom. The second-order valence-electron chi connectivity index (χ2n) is 7.85. The fourth-order valence-electron chi connectivity index (χ4n) is 4.17. The topological polar surface area (TPSA) is 86.8 Å². The Morgan fingerprint density at radius 2 is 1.90 bits per heavy atom. The van der Waals surface area contributed by atoms with Crippen molar-refractivity contribution in [2.75, 3.05) is 23.7 Å². The summed E-state index contributed by atoms with van der Waals surface area (Å²) in [4.78, 5) is 14.9. The number of amides is 1. The standard InChI is InChI=1S/C21H25ClN6OS/c22-16-8-2-3-9-17(16)28-19(27-12-6-7-13-27)25-26-20(28)30-14-18(29)24-21(15-23)10-4-1-5-11-21/h2-3,8-9H,1,4-7,10-14H2,(H,24,29). The zero-order valence-electron chi connectivity index (χ0n) is 16.8. The van der Waals surface area contributed by atoms with Crippen LogP contribution >= 0.6 is 23.4 Å². The van der Waals surface area contributed by atoms with E-state index in [2.05, 4.69) is 26.5 Å². The van der Waals surface area contributed by atoms with Gasteiger partial charge in [0.05, 0.1) is 22.5 Å². The monoisotopic (exact) mass is 444 g/mol. The lowest BCUT2D eigenvalue weighted by Gasteiger charge is -2.31. The molecule has 2 heterocycles. The number of rotatable bonds is 6. The van der Waals surface area contributed by atoms with E-state index in [9.17, 15) is 10.1 Å². The molecule has 1 aliphatic carbocycles. The van der Waals surface area contributed by atoms with Crippen molar-refractivity contribution in [3.8, 4) is 11.8 Å². The number of carbonyl (C=O) groups is 1. The van der Waals surface area contributed by atoms with Gasteiger partial charge < -0.3 is 10.2 Å². The van der Waals surface area contributed by atoms with E-state index in [-0.39, 0.29) is 11.7 Å². The van der Waals surface area contributed by atoms with Crippen LogP contribution < -0.4 is 10.2 Å². The molecule has 0 atom stereocenters. The molecule has 9 heteroatoms. The van der Waals surface area contributed by atoms with E-state index in [0.717, 1.165) is 69.7 Å². The molecular weight excluding hydrogens is 420 g/mol. The molecular formula is C21H25ClN6OS. The van der Waals surface area contributed by atoms with Gasteiger partial charge in [0.15, 0.2) is 5.16 Å². The maximum absolute atomic E-state index is 12.6. The Morgan fingerprint density at radius 1 is 1.17 bits per heavy atom. The van der Waals surface area contributed by atoms with Crippen LogP contribution in [0, 0.1) is 11.3 Å². The first-order valence-electron chi connectivity index (χ1n) is 10.4. The normalized spacial score (nSPS) is 18.2. The van der Waals surface area contributed by atoms with Crippen LogP contribution in [0.1, 0.15) is 44.9 Å². The van der Waals surface area contributed by atoms with E-state index in [1.807, 2.05) is 28.8 Å². The van der Waals surface area contributed by atoms with Gasteiger partial charge in [0.25, 0.3) is 0 Å². The minimum Gasteiger partial charge on any atom is -0.341 e. The molecule has 0 radical (unpaired) electrons. The predicted octanol–water partition coefficient (Wildman–Crippen LogP) is 3.96. The number of benzene rings is 1. The van der Waals surface area contributed by atoms with Gasteiger partial charge >= 0.3 is 0 Å². The molecule has 0 spiro atoms. The molecule has 1 aliphatic heterocycles. The van der Waals surface area contributed by atoms with Crippen molar-refractivity contribution >= 4 is 35.2 Å². The molecule has 1 saturated heterocycles. The number of nitriles is 1. The van der Waals surface area contributed by atoms with Crippen LogP contribution in [0.3, 0.4) is 0 Å². The fraction of sp³-hybridized carbons (Fsp3) is 0.524. The van der Waals surface area contributed by atoms with Gasteiger partial charge in [-0.2, -0.15) is 5.26 Å². The molecule has 1 aromatic heterocycles. The third-order valence-electron chi connectivity index (χ3n) is 5.73. The smallest absolute Gasteiger partial charge is 0.232 e. The van der Waals surface area contributed by atoms with Gasteiger partial charge in [0.1, 0.15) is 5.54 Å². The van der Waals surface area contributed by atoms with Crippen molar-refractivity contribution in [1.29, 1.82) is 5.26 Å². The largest absolute Gasteiger partial charge is 0.341 e. The molecule has 7 nitrogen and oxygen atoms in total. The Labute approximate surface area is 185 Å². The fourth-order valence-corrected chi connectivity index (χ4v) is 5.13. The van der Waals surface area contributed by atoms with Crippen molar-refractivity contribution in [3.05, 3.63) is 29.3 Å². The summed E-state index contributed by atoms with van der Waals surface area (Å²) in [5, 5.41) is 22.6. The SMILES string of the molecule is N#CC1(NC(=O)CSc2nnc(N3CCCC3)n2-c2ccccc2Cl)CCCCC1. The van der Waals surface area contributed by atoms with Crippen molar-refractivity contribution < 1.29 is 4.79 Å². The van der Waals surface area contributed by atoms with Gasteiger partial charge in [-0.15, -0.1) is 10.2 Å². The molecule has 1 N–H and O–H groups in total. The Balaban J connectivity index is 1.53. The third-order valence-corrected chi connectivity index (χ3v) is 6.98. The van der Waals surface area contributed by atoms with Crippen molar-refractivity contribution in [2.45, 2.75) is 55.6 Å². The molecule has 2 fully saturated rings. The highest BCUT2D eigenvalue weighted by Crippen LogP contribution is 2.32. The quantitative estimate of drug-likeness (QED) is 0.678. The average molecular weight is 445 g/mol. The summed E-state index contributed by atoms with van der Waals surface area (Å²) < 4.78 is 1.94. The Kier molecular flexibility index (Phi) is 6.49. The summed E-state index contributed by atoms with van der Waals surface area (Å²) in [6, 6.07) is 9.92. The van der Waals surface area contributed by atoms with Crippen LogP contribution in [0.2, 0.25) is 5.02 Å². The summed E-state index contributed by atoms with van der Waals surface area (Å²) >= 11 is 7.79. The highest BCUT2D eigenvalue weighted by atomic mass is 35.5. The number of carbonyl (C=O) groups excluding carboxylic acids is 1. The first-order chi connectivity index (χ1) is 14.6. The zero-order chi connectivity index (χ0) is 21.0. The molecule has 158 valence electrons. The van der Waals surface area contributed by atoms with Crippen LogP contribution in [0.5, 0.6) is 0 Å². The Bertz CT molecular complexity index is 943. The molecule has 1 saturated carbocycles. The number of nitrogens with zero attached hydrogens (tertiary/aromatic N) is 5. The van der Waals surface area contributed by atoms with Gasteiger partial charge in [-0.25, -0.2) is 0 Å². The van der Waals surface area contributed by atoms with E-state index in [1.165, 1.54) is 11.8 Å². The van der Waals surface area contributed by atoms with Gasteiger partial charge in [-0.1, -0.05) is 54.8 Å². The molecule has 30 heavy (non-hydrogen) atoms. The number of anilines is 1. The first-order valence-corrected chi connectivity index (χ1v) is 11.8. The molecule has 0 unspecified atom stereocenters. The van der Waals surface area contributed by atoms with Crippen molar-refractivity contribution in [1.82, 2.24) is 20.1 Å². The number of hydrogen-bond donors (Lipinski definition) is 1. The highest BCUT2D eigenvalue weighted by molar-refractivity contribution is 7.99. The molecule has 1 aromatic carbocycles. The van der Waals surface area contributed by atoms with Gasteiger partial charge in [0.2, 0.25) is 11.9 Å². The van der Waals surface area contributed by atoms with Crippen LogP contribution in [0.4, 0.5) is 5.95 Å². The molecule has 0 bridgehead atoms. The summed E-state index contributed by atoms with van der Waals surface area (Å²) in [6.07, 6.45) is 6.74. The maximum atomic E-state index is 12.6. The number of hydrogen-bond acceptors (Lipinski definition) is 6. The Hall–Kier alpha value is -2.24. The second kappa shape index (κ2) is 9.27. The van der Waals surface area contributed by atoms with Crippen LogP contribution in [-0.2, 0) is 4.79 Å². The third kappa shape index (κ3) is 4.42. The lowest BCUT2D eigenvalue weighted by molar-refractivity contribution is -0.120. The number of aromatic nitrogens is 3. The molecule has 4 rings (SSSR count). The average Bonchev–Trinajstić information content (AvgIpc) is 3.43. The van der Waals surface area contributed by atoms with Gasteiger partial charge in [-0.3, -0.25) is 9.36 Å². The summed E-state index contributed by atoms with van der Waals surface area (Å²) in [7, 11) is 0. The predicted molar refractivity (Wildman–Crippen MR) is 118 cm³/mol. The lowest BCUT2D eigenvalue weighted by atomic mass is 9.83. The first kappa shape index (κ1) is 21.0. The zero-order valence-corrected chi connectivity index (χ0v) is 18.4. The molecule has 2 aliphatic rings. The number of para-hydroxylation sites is 1. The number of halogens is 1. The summed E-state index contributed by atoms with van der Waals surface area (Å²) in [6.45, 7) is 1.86. The number of nitrogens with one attached hydrogen (secondary N) is 1. The minimum absolute atomic E-state index is 0.153. The summed E-state index contributed by atoms with van der Waals surface area (Å²) in [5.41, 5.74) is 0.0715. The summed E-state index contributed by atoms with van der Waals surface area (Å²) in [5.74, 6) is 0.774. The van der Waals surface area contributed by atoms with Crippen molar-refractivity contribution in [2.24, 2.45) is 0 Å². The van der Waals surface area contributed by atoms with Gasteiger partial charge in [0, 0.05) is 13.1 Å². The van der Waals surface area contributed by atoms with Crippen LogP contribution in [-0.4, -0.2) is 45.1 Å². The second-order valence-corrected chi connectivity index (χ2v) is 9.20. The van der Waals surface area contributed by atoms with Crippen LogP contribution in [0.25, 0.3) is 5.69 Å². The van der Waals surface area contributed by atoms with Crippen molar-refractivity contribution in [3.63, 3.8) is 0 Å². The van der Waals surface area contributed by atoms with E-state index in [0.29, 0.717) is 10.2 Å². The molecule has 1 amide bonds. The van der Waals surface area contributed by atoms with E-state index in [1.54, 1.807) is 0 Å². The van der Waals surface area contributed by atoms with E-state index < -0.39 is 5.54 Å².